The molecule has 23 heavy (non-hydrogen) atoms. The number of fused-ring (bicyclic) bond motifs is 1. The topological polar surface area (TPSA) is 98.8 Å². The molecule has 0 aromatic carbocycles. The molecule has 0 aliphatic carbocycles. The highest BCUT2D eigenvalue weighted by Crippen LogP contribution is 2.52. The number of hydrogen-bond acceptors (Lipinski definition) is 5. The number of aliphatic hydroxyl groups is 1. The predicted molar refractivity (Wildman–Crippen MR) is 91.1 cm³/mol. The Balaban J connectivity index is 2.11. The number of nitrogens with zero attached hydrogens (tertiary/aromatic N) is 1. The first-order chi connectivity index (χ1) is 11.0. The van der Waals surface area contributed by atoms with Gasteiger partial charge in [0.1, 0.15) is 11.3 Å². The number of amides is 1. The van der Waals surface area contributed by atoms with Gasteiger partial charge in [0.05, 0.1) is 0 Å². The third-order valence-corrected chi connectivity index (χ3v) is 5.54. The molecule has 0 aromatic rings. The number of unbranched alkanes of at least 4 members (excludes halogenated alkanes) is 1. The second-order valence-electron chi connectivity index (χ2n) is 6.88. The summed E-state index contributed by atoms with van der Waals surface area (Å²) in [5.41, 5.74) is 4.70. The summed E-state index contributed by atoms with van der Waals surface area (Å²) in [4.78, 5) is 14.4. The van der Waals surface area contributed by atoms with Crippen molar-refractivity contribution in [2.75, 3.05) is 26.2 Å². The molecule has 2 atom stereocenters. The summed E-state index contributed by atoms with van der Waals surface area (Å²) in [5, 5.41) is 22.6. The van der Waals surface area contributed by atoms with Crippen molar-refractivity contribution in [2.24, 2.45) is 11.1 Å². The summed E-state index contributed by atoms with van der Waals surface area (Å²) >= 11 is 0. The van der Waals surface area contributed by atoms with E-state index in [2.05, 4.69) is 11.9 Å². The van der Waals surface area contributed by atoms with E-state index in [0.717, 1.165) is 38.6 Å². The summed E-state index contributed by atoms with van der Waals surface area (Å²) in [5.74, 6) is 0.253. The molecule has 1 amide bonds. The smallest absolute Gasteiger partial charge is 0.287 e. The van der Waals surface area contributed by atoms with Crippen LogP contribution in [0.2, 0.25) is 6.32 Å². The first kappa shape index (κ1) is 18.3. The molecule has 2 saturated heterocycles. The Hall–Kier alpha value is -1.05. The van der Waals surface area contributed by atoms with Gasteiger partial charge >= 0.3 is 0 Å². The Bertz CT molecular complexity index is 448. The number of hydrogen-bond donors (Lipinski definition) is 4. The van der Waals surface area contributed by atoms with Gasteiger partial charge in [-0.3, -0.25) is 4.79 Å². The third kappa shape index (κ3) is 3.41. The lowest BCUT2D eigenvalue weighted by Crippen LogP contribution is -2.53. The summed E-state index contributed by atoms with van der Waals surface area (Å²) in [6.45, 7) is 6.34. The summed E-state index contributed by atoms with van der Waals surface area (Å²) in [7, 11) is 1.18. The van der Waals surface area contributed by atoms with Gasteiger partial charge in [0.2, 0.25) is 5.91 Å². The van der Waals surface area contributed by atoms with Crippen LogP contribution in [0.25, 0.3) is 0 Å². The molecule has 2 aliphatic rings. The SMILES string of the molecule is C=C(O)[C@]12CN(C(=O)CCCCN)C[C@@]1(CCC[B]O)CCN2. The first-order valence-electron chi connectivity index (χ1n) is 8.58. The van der Waals surface area contributed by atoms with E-state index >= 15 is 0 Å². The van der Waals surface area contributed by atoms with Gasteiger partial charge in [0, 0.05) is 24.9 Å². The average molecular weight is 322 g/mol. The van der Waals surface area contributed by atoms with Gasteiger partial charge in [-0.2, -0.15) is 0 Å². The second-order valence-corrected chi connectivity index (χ2v) is 6.88. The monoisotopic (exact) mass is 322 g/mol. The zero-order chi connectivity index (χ0) is 16.9. The molecular weight excluding hydrogens is 293 g/mol. The van der Waals surface area contributed by atoms with Crippen molar-refractivity contribution < 1.29 is 14.9 Å². The maximum absolute atomic E-state index is 12.5. The fourth-order valence-electron chi connectivity index (χ4n) is 4.26. The molecule has 0 spiro atoms. The van der Waals surface area contributed by atoms with Crippen LogP contribution in [0.4, 0.5) is 0 Å². The Morgan fingerprint density at radius 1 is 1.35 bits per heavy atom. The number of nitrogens with two attached hydrogens (primary N) is 1. The molecule has 2 rings (SSSR count). The van der Waals surface area contributed by atoms with Crippen molar-refractivity contribution in [2.45, 2.75) is 50.4 Å². The highest BCUT2D eigenvalue weighted by molar-refractivity contribution is 6.25. The van der Waals surface area contributed by atoms with Gasteiger partial charge in [-0.15, -0.1) is 0 Å². The zero-order valence-corrected chi connectivity index (χ0v) is 13.9. The number of rotatable bonds is 9. The fraction of sp³-hybridized carbons (Fsp3) is 0.812. The Labute approximate surface area is 139 Å². The van der Waals surface area contributed by atoms with Gasteiger partial charge in [-0.05, 0) is 38.8 Å². The molecule has 5 N–H and O–H groups in total. The van der Waals surface area contributed by atoms with E-state index in [4.69, 9.17) is 10.8 Å². The summed E-state index contributed by atoms with van der Waals surface area (Å²) < 4.78 is 0. The minimum Gasteiger partial charge on any atom is -0.511 e. The number of likely N-dealkylation sites (tertiary alicyclic amines) is 1. The van der Waals surface area contributed by atoms with Crippen molar-refractivity contribution >= 4 is 13.4 Å². The molecule has 2 fully saturated rings. The van der Waals surface area contributed by atoms with Crippen LogP contribution in [-0.2, 0) is 4.79 Å². The lowest BCUT2D eigenvalue weighted by molar-refractivity contribution is -0.130. The van der Waals surface area contributed by atoms with Crippen LogP contribution in [0.15, 0.2) is 12.3 Å². The van der Waals surface area contributed by atoms with Gasteiger partial charge in [0.25, 0.3) is 7.48 Å². The average Bonchev–Trinajstić information content (AvgIpc) is 3.01. The second kappa shape index (κ2) is 7.68. The molecule has 1 radical (unpaired) electrons. The van der Waals surface area contributed by atoms with E-state index < -0.39 is 5.54 Å². The van der Waals surface area contributed by atoms with Crippen LogP contribution < -0.4 is 11.1 Å². The van der Waals surface area contributed by atoms with Crippen molar-refractivity contribution in [3.05, 3.63) is 12.3 Å². The summed E-state index contributed by atoms with van der Waals surface area (Å²) in [6.07, 6.45) is 5.38. The molecular formula is C16H29BN3O3. The summed E-state index contributed by atoms with van der Waals surface area (Å²) in [6, 6.07) is 0. The zero-order valence-electron chi connectivity index (χ0n) is 13.9. The van der Waals surface area contributed by atoms with E-state index in [0.29, 0.717) is 32.4 Å². The number of carbonyl (C=O) groups is 1. The van der Waals surface area contributed by atoms with Gasteiger partial charge in [-0.1, -0.05) is 19.3 Å². The Morgan fingerprint density at radius 2 is 2.13 bits per heavy atom. The normalized spacial score (nSPS) is 29.6. The van der Waals surface area contributed by atoms with E-state index in [1.54, 1.807) is 0 Å². The third-order valence-electron chi connectivity index (χ3n) is 5.54. The number of aliphatic hydroxyl groups excluding tert-OH is 1. The number of carbonyl (C=O) groups excluding carboxylic acids is 1. The Morgan fingerprint density at radius 3 is 2.78 bits per heavy atom. The number of nitrogens with one attached hydrogen (secondary N) is 1. The van der Waals surface area contributed by atoms with Crippen molar-refractivity contribution in [1.29, 1.82) is 0 Å². The molecule has 2 aliphatic heterocycles. The lowest BCUT2D eigenvalue weighted by Gasteiger charge is -2.38. The quantitative estimate of drug-likeness (QED) is 0.282. The van der Waals surface area contributed by atoms with Crippen LogP contribution in [-0.4, -0.2) is 60.1 Å². The molecule has 129 valence electrons. The van der Waals surface area contributed by atoms with Crippen LogP contribution in [0.5, 0.6) is 0 Å². The molecule has 7 heteroatoms. The highest BCUT2D eigenvalue weighted by atomic mass is 16.3. The minimum atomic E-state index is -0.605. The van der Waals surface area contributed by atoms with Gasteiger partial charge in [-0.25, -0.2) is 0 Å². The lowest BCUT2D eigenvalue weighted by atomic mass is 9.68. The molecule has 0 aromatic heterocycles. The van der Waals surface area contributed by atoms with Crippen LogP contribution >= 0.6 is 0 Å². The predicted octanol–water partition coefficient (Wildman–Crippen LogP) is 0.558. The standard InChI is InChI=1S/C16H29BN3O3/c1-13(21)16-12-20(14(22)5-2-3-9-18)11-15(16,7-10-19-16)6-4-8-17-23/h19,21,23H,1-12,18H2/t15-,16-/m1/s1. The largest absolute Gasteiger partial charge is 0.511 e. The molecule has 0 unspecified atom stereocenters. The Kier molecular flexibility index (Phi) is 6.11. The van der Waals surface area contributed by atoms with Crippen LogP contribution in [0, 0.1) is 5.41 Å². The van der Waals surface area contributed by atoms with E-state index in [1.807, 2.05) is 4.90 Å². The van der Waals surface area contributed by atoms with Gasteiger partial charge < -0.3 is 26.1 Å². The first-order valence-corrected chi connectivity index (χ1v) is 8.58. The molecule has 2 heterocycles. The maximum Gasteiger partial charge on any atom is 0.287 e. The van der Waals surface area contributed by atoms with Crippen molar-refractivity contribution in [3.63, 3.8) is 0 Å². The molecule has 0 bridgehead atoms. The van der Waals surface area contributed by atoms with Crippen molar-refractivity contribution in [3.8, 4) is 0 Å². The minimum absolute atomic E-state index is 0.125. The molecule has 6 nitrogen and oxygen atoms in total. The highest BCUT2D eigenvalue weighted by Gasteiger charge is 2.62. The molecule has 0 saturated carbocycles. The fourth-order valence-corrected chi connectivity index (χ4v) is 4.26. The van der Waals surface area contributed by atoms with Crippen molar-refractivity contribution in [1.82, 2.24) is 10.2 Å². The maximum atomic E-state index is 12.5. The van der Waals surface area contributed by atoms with E-state index in [-0.39, 0.29) is 17.1 Å². The van der Waals surface area contributed by atoms with Gasteiger partial charge in [0.15, 0.2) is 0 Å². The van der Waals surface area contributed by atoms with E-state index in [1.165, 1.54) is 7.48 Å². The van der Waals surface area contributed by atoms with E-state index in [9.17, 15) is 9.90 Å². The van der Waals surface area contributed by atoms with Crippen LogP contribution in [0.1, 0.15) is 38.5 Å². The van der Waals surface area contributed by atoms with Crippen LogP contribution in [0.3, 0.4) is 0 Å².